The Balaban J connectivity index is 1.95. The lowest BCUT2D eigenvalue weighted by Crippen LogP contribution is -2.23. The molecule has 0 atom stereocenters. The minimum atomic E-state index is -0.251. The fraction of sp³-hybridized carbons (Fsp3) is 0.167. The first-order chi connectivity index (χ1) is 8.15. The van der Waals surface area contributed by atoms with Gasteiger partial charge in [-0.1, -0.05) is 0 Å². The number of rotatable bonds is 3. The number of aryl methyl sites for hydroxylation is 1. The normalized spacial score (nSPS) is 10.2. The van der Waals surface area contributed by atoms with Crippen molar-refractivity contribution in [3.05, 3.63) is 47.7 Å². The number of furan rings is 1. The molecule has 0 radical (unpaired) electrons. The Bertz CT molecular complexity index is 517. The first-order valence-electron chi connectivity index (χ1n) is 5.20. The highest BCUT2D eigenvalue weighted by Gasteiger charge is 2.07. The van der Waals surface area contributed by atoms with Crippen LogP contribution in [0.4, 0.5) is 5.69 Å². The van der Waals surface area contributed by atoms with E-state index in [1.807, 2.05) is 19.1 Å². The third-order valence-corrected chi connectivity index (χ3v) is 2.24. The van der Waals surface area contributed by atoms with Crippen LogP contribution in [-0.4, -0.2) is 10.9 Å². The first-order valence-corrected chi connectivity index (χ1v) is 5.20. The van der Waals surface area contributed by atoms with Crippen LogP contribution in [0.5, 0.6) is 0 Å². The van der Waals surface area contributed by atoms with Gasteiger partial charge in [0.05, 0.1) is 18.4 Å². The third kappa shape index (κ3) is 2.84. The fourth-order valence-electron chi connectivity index (χ4n) is 1.38. The average molecular weight is 231 g/mol. The molecule has 0 aliphatic heterocycles. The molecule has 0 aliphatic rings. The van der Waals surface area contributed by atoms with E-state index in [0.717, 1.165) is 5.76 Å². The van der Waals surface area contributed by atoms with Gasteiger partial charge in [0.2, 0.25) is 0 Å². The van der Waals surface area contributed by atoms with Crippen molar-refractivity contribution in [3.63, 3.8) is 0 Å². The fourth-order valence-corrected chi connectivity index (χ4v) is 1.38. The maximum absolute atomic E-state index is 11.7. The Labute approximate surface area is 98.6 Å². The van der Waals surface area contributed by atoms with Crippen molar-refractivity contribution in [2.75, 3.05) is 5.73 Å². The van der Waals surface area contributed by atoms with Crippen LogP contribution in [0.3, 0.4) is 0 Å². The van der Waals surface area contributed by atoms with Crippen LogP contribution in [0.15, 0.2) is 34.9 Å². The Morgan fingerprint density at radius 3 is 2.82 bits per heavy atom. The molecule has 0 saturated carbocycles. The molecule has 1 amide bonds. The summed E-state index contributed by atoms with van der Waals surface area (Å²) >= 11 is 0. The molecule has 0 bridgehead atoms. The zero-order valence-corrected chi connectivity index (χ0v) is 9.43. The molecule has 2 rings (SSSR count). The van der Waals surface area contributed by atoms with E-state index in [1.54, 1.807) is 12.1 Å². The Morgan fingerprint density at radius 2 is 2.24 bits per heavy atom. The molecule has 0 fully saturated rings. The number of hydrogen-bond acceptors (Lipinski definition) is 4. The molecule has 0 aliphatic carbocycles. The maximum atomic E-state index is 11.7. The number of carbonyl (C=O) groups is 1. The number of pyridine rings is 1. The van der Waals surface area contributed by atoms with Gasteiger partial charge in [-0.15, -0.1) is 0 Å². The smallest absolute Gasteiger partial charge is 0.270 e. The van der Waals surface area contributed by atoms with Crippen molar-refractivity contribution in [2.24, 2.45) is 0 Å². The van der Waals surface area contributed by atoms with Crippen LogP contribution in [0.1, 0.15) is 22.0 Å². The molecule has 17 heavy (non-hydrogen) atoms. The standard InChI is InChI=1S/C12H13N3O2/c1-8-2-4-10(17-8)7-15-12(16)11-5-3-9(13)6-14-11/h2-6H,7,13H2,1H3,(H,15,16). The maximum Gasteiger partial charge on any atom is 0.270 e. The minimum absolute atomic E-state index is 0.251. The number of nitrogen functional groups attached to an aromatic ring is 1. The molecule has 0 unspecified atom stereocenters. The first kappa shape index (κ1) is 11.2. The topological polar surface area (TPSA) is 81.2 Å². The summed E-state index contributed by atoms with van der Waals surface area (Å²) in [5.74, 6) is 1.28. The summed E-state index contributed by atoms with van der Waals surface area (Å²) in [6.45, 7) is 2.20. The summed E-state index contributed by atoms with van der Waals surface area (Å²) in [6.07, 6.45) is 1.45. The quantitative estimate of drug-likeness (QED) is 0.838. The highest BCUT2D eigenvalue weighted by Crippen LogP contribution is 2.06. The van der Waals surface area contributed by atoms with Crippen molar-refractivity contribution < 1.29 is 9.21 Å². The lowest BCUT2D eigenvalue weighted by Gasteiger charge is -2.02. The van der Waals surface area contributed by atoms with Gasteiger partial charge >= 0.3 is 0 Å². The molecule has 2 aromatic heterocycles. The van der Waals surface area contributed by atoms with Crippen molar-refractivity contribution in [1.29, 1.82) is 0 Å². The largest absolute Gasteiger partial charge is 0.465 e. The van der Waals surface area contributed by atoms with Crippen molar-refractivity contribution in [3.8, 4) is 0 Å². The molecule has 5 heteroatoms. The van der Waals surface area contributed by atoms with Gasteiger partial charge in [-0.05, 0) is 31.2 Å². The van der Waals surface area contributed by atoms with Gasteiger partial charge in [0.1, 0.15) is 17.2 Å². The van der Waals surface area contributed by atoms with Crippen molar-refractivity contribution in [1.82, 2.24) is 10.3 Å². The van der Waals surface area contributed by atoms with Gasteiger partial charge in [0, 0.05) is 0 Å². The number of nitrogens with two attached hydrogens (primary N) is 1. The van der Waals surface area contributed by atoms with Crippen LogP contribution in [0, 0.1) is 6.92 Å². The predicted molar refractivity (Wildman–Crippen MR) is 63.3 cm³/mol. The second kappa shape index (κ2) is 4.69. The molecule has 0 aromatic carbocycles. The van der Waals surface area contributed by atoms with Gasteiger partial charge in [0.15, 0.2) is 0 Å². The summed E-state index contributed by atoms with van der Waals surface area (Å²) in [5.41, 5.74) is 6.35. The number of carbonyl (C=O) groups excluding carboxylic acids is 1. The van der Waals surface area contributed by atoms with Crippen LogP contribution < -0.4 is 11.1 Å². The summed E-state index contributed by atoms with van der Waals surface area (Å²) < 4.78 is 5.33. The number of nitrogens with zero attached hydrogens (tertiary/aromatic N) is 1. The lowest BCUT2D eigenvalue weighted by molar-refractivity contribution is 0.0943. The van der Waals surface area contributed by atoms with Crippen LogP contribution >= 0.6 is 0 Å². The minimum Gasteiger partial charge on any atom is -0.465 e. The number of nitrogens with one attached hydrogen (secondary N) is 1. The molecule has 88 valence electrons. The van der Waals surface area contributed by atoms with Crippen molar-refractivity contribution in [2.45, 2.75) is 13.5 Å². The highest BCUT2D eigenvalue weighted by molar-refractivity contribution is 5.92. The number of amides is 1. The third-order valence-electron chi connectivity index (χ3n) is 2.24. The molecular weight excluding hydrogens is 218 g/mol. The molecule has 3 N–H and O–H groups in total. The SMILES string of the molecule is Cc1ccc(CNC(=O)c2ccc(N)cn2)o1. The highest BCUT2D eigenvalue weighted by atomic mass is 16.3. The van der Waals surface area contributed by atoms with E-state index in [1.165, 1.54) is 6.20 Å². The summed E-state index contributed by atoms with van der Waals surface area (Å²) in [7, 11) is 0. The molecule has 2 aromatic rings. The van der Waals surface area contributed by atoms with Crippen molar-refractivity contribution >= 4 is 11.6 Å². The van der Waals surface area contributed by atoms with Gasteiger partial charge in [0.25, 0.3) is 5.91 Å². The molecular formula is C12H13N3O2. The second-order valence-electron chi connectivity index (χ2n) is 3.67. The van der Waals surface area contributed by atoms with E-state index in [-0.39, 0.29) is 5.91 Å². The van der Waals surface area contributed by atoms with E-state index in [4.69, 9.17) is 10.2 Å². The number of aromatic nitrogens is 1. The van der Waals surface area contributed by atoms with Crippen LogP contribution in [-0.2, 0) is 6.54 Å². The molecule has 0 saturated heterocycles. The number of anilines is 1. The van der Waals surface area contributed by atoms with Gasteiger partial charge in [-0.3, -0.25) is 4.79 Å². The van der Waals surface area contributed by atoms with Crippen LogP contribution in [0.25, 0.3) is 0 Å². The Morgan fingerprint density at radius 1 is 1.41 bits per heavy atom. The second-order valence-corrected chi connectivity index (χ2v) is 3.67. The van der Waals surface area contributed by atoms with E-state index in [2.05, 4.69) is 10.3 Å². The van der Waals surface area contributed by atoms with Crippen LogP contribution in [0.2, 0.25) is 0 Å². The van der Waals surface area contributed by atoms with E-state index >= 15 is 0 Å². The predicted octanol–water partition coefficient (Wildman–Crippen LogP) is 1.50. The van der Waals surface area contributed by atoms with Gasteiger partial charge in [-0.25, -0.2) is 4.98 Å². The zero-order valence-electron chi connectivity index (χ0n) is 9.43. The monoisotopic (exact) mass is 231 g/mol. The Hall–Kier alpha value is -2.30. The lowest BCUT2D eigenvalue weighted by atomic mass is 10.3. The number of hydrogen-bond donors (Lipinski definition) is 2. The molecule has 2 heterocycles. The van der Waals surface area contributed by atoms with E-state index in [0.29, 0.717) is 23.7 Å². The summed E-state index contributed by atoms with van der Waals surface area (Å²) in [5, 5.41) is 2.71. The average Bonchev–Trinajstić information content (AvgIpc) is 2.73. The van der Waals surface area contributed by atoms with Gasteiger partial charge in [-0.2, -0.15) is 0 Å². The molecule has 5 nitrogen and oxygen atoms in total. The zero-order chi connectivity index (χ0) is 12.3. The van der Waals surface area contributed by atoms with E-state index in [9.17, 15) is 4.79 Å². The van der Waals surface area contributed by atoms with E-state index < -0.39 is 0 Å². The molecule has 0 spiro atoms. The van der Waals surface area contributed by atoms with Gasteiger partial charge < -0.3 is 15.5 Å². The summed E-state index contributed by atoms with van der Waals surface area (Å²) in [6, 6.07) is 6.89. The Kier molecular flexibility index (Phi) is 3.09. The summed E-state index contributed by atoms with van der Waals surface area (Å²) in [4.78, 5) is 15.6.